The first-order chi connectivity index (χ1) is 7.69. The molecule has 0 fully saturated rings. The first-order valence-electron chi connectivity index (χ1n) is 4.81. The van der Waals surface area contributed by atoms with Crippen molar-refractivity contribution in [2.75, 3.05) is 20.8 Å². The van der Waals surface area contributed by atoms with Crippen LogP contribution in [-0.2, 0) is 0 Å². The van der Waals surface area contributed by atoms with Gasteiger partial charge in [-0.3, -0.25) is 0 Å². The molecule has 0 aliphatic carbocycles. The highest BCUT2D eigenvalue weighted by atomic mass is 32.1. The molecule has 0 amide bonds. The Kier molecular flexibility index (Phi) is 4.85. The van der Waals surface area contributed by atoms with Gasteiger partial charge in [0.1, 0.15) is 0 Å². The van der Waals surface area contributed by atoms with Crippen LogP contribution in [0.15, 0.2) is 18.2 Å². The van der Waals surface area contributed by atoms with E-state index in [1.165, 1.54) is 0 Å². The summed E-state index contributed by atoms with van der Waals surface area (Å²) in [5.41, 5.74) is 5.39. The number of hydrogen-bond acceptors (Lipinski definition) is 4. The summed E-state index contributed by atoms with van der Waals surface area (Å²) in [6.07, 6.45) is 0.524. The summed E-state index contributed by atoms with van der Waals surface area (Å²) in [5.74, 6) is 1.83. The van der Waals surface area contributed by atoms with Gasteiger partial charge in [-0.05, 0) is 12.1 Å². The highest BCUT2D eigenvalue weighted by Gasteiger charge is 2.10. The van der Waals surface area contributed by atoms with E-state index in [0.29, 0.717) is 35.3 Å². The van der Waals surface area contributed by atoms with Crippen molar-refractivity contribution in [3.05, 3.63) is 18.2 Å². The minimum Gasteiger partial charge on any atom is -0.493 e. The van der Waals surface area contributed by atoms with E-state index in [9.17, 15) is 0 Å². The maximum absolute atomic E-state index is 5.54. The third-order valence-corrected chi connectivity index (χ3v) is 2.18. The van der Waals surface area contributed by atoms with Crippen molar-refractivity contribution in [1.29, 1.82) is 0 Å². The summed E-state index contributed by atoms with van der Waals surface area (Å²) in [6.45, 7) is 0.409. The highest BCUT2D eigenvalue weighted by molar-refractivity contribution is 7.80. The average Bonchev–Trinajstić information content (AvgIpc) is 2.28. The number of rotatable bonds is 6. The summed E-state index contributed by atoms with van der Waals surface area (Å²) in [6, 6.07) is 5.44. The Morgan fingerprint density at radius 1 is 1.25 bits per heavy atom. The molecule has 0 radical (unpaired) electrons. The topological polar surface area (TPSA) is 53.7 Å². The molecule has 88 valence electrons. The smallest absolute Gasteiger partial charge is 0.203 e. The molecule has 0 unspecified atom stereocenters. The maximum atomic E-state index is 5.54. The van der Waals surface area contributed by atoms with Crippen molar-refractivity contribution in [2.45, 2.75) is 6.42 Å². The van der Waals surface area contributed by atoms with Crippen molar-refractivity contribution in [3.63, 3.8) is 0 Å². The number of para-hydroxylation sites is 1. The maximum Gasteiger partial charge on any atom is 0.203 e. The molecule has 2 N–H and O–H groups in total. The van der Waals surface area contributed by atoms with Gasteiger partial charge in [-0.25, -0.2) is 0 Å². The number of benzene rings is 1. The van der Waals surface area contributed by atoms with Gasteiger partial charge < -0.3 is 19.9 Å². The lowest BCUT2D eigenvalue weighted by Crippen LogP contribution is -2.13. The average molecular weight is 241 g/mol. The molecule has 4 nitrogen and oxygen atoms in total. The van der Waals surface area contributed by atoms with Crippen LogP contribution in [0.5, 0.6) is 17.2 Å². The van der Waals surface area contributed by atoms with Crippen LogP contribution >= 0.6 is 12.2 Å². The summed E-state index contributed by atoms with van der Waals surface area (Å²) >= 11 is 4.77. The predicted molar refractivity (Wildman–Crippen MR) is 66.4 cm³/mol. The standard InChI is InChI=1S/C11H15NO3S/c1-13-8-4-3-5-9(14-2)11(8)15-7-6-10(12)16/h3-5H,6-7H2,1-2H3,(H2,12,16). The predicted octanol–water partition coefficient (Wildman–Crippen LogP) is 1.76. The van der Waals surface area contributed by atoms with Gasteiger partial charge in [0.15, 0.2) is 11.5 Å². The molecule has 16 heavy (non-hydrogen) atoms. The summed E-state index contributed by atoms with van der Waals surface area (Å²) in [7, 11) is 3.16. The largest absolute Gasteiger partial charge is 0.493 e. The fraction of sp³-hybridized carbons (Fsp3) is 0.364. The van der Waals surface area contributed by atoms with Crippen LogP contribution in [0, 0.1) is 0 Å². The van der Waals surface area contributed by atoms with Crippen molar-refractivity contribution in [1.82, 2.24) is 0 Å². The molecule has 0 atom stereocenters. The summed E-state index contributed by atoms with van der Waals surface area (Å²) in [4.78, 5) is 0.425. The quantitative estimate of drug-likeness (QED) is 0.769. The van der Waals surface area contributed by atoms with Gasteiger partial charge in [0.05, 0.1) is 25.8 Å². The summed E-state index contributed by atoms with van der Waals surface area (Å²) < 4.78 is 15.9. The first kappa shape index (κ1) is 12.6. The number of thiocarbonyl (C=S) groups is 1. The molecule has 1 rings (SSSR count). The van der Waals surface area contributed by atoms with Crippen LogP contribution in [0.1, 0.15) is 6.42 Å². The van der Waals surface area contributed by atoms with E-state index in [-0.39, 0.29) is 0 Å². The Bertz CT molecular complexity index is 346. The minimum absolute atomic E-state index is 0.409. The van der Waals surface area contributed by atoms with Crippen LogP contribution in [0.4, 0.5) is 0 Å². The lowest BCUT2D eigenvalue weighted by molar-refractivity contribution is 0.282. The lowest BCUT2D eigenvalue weighted by Gasteiger charge is -2.13. The van der Waals surface area contributed by atoms with E-state index in [1.54, 1.807) is 26.4 Å². The molecule has 0 spiro atoms. The van der Waals surface area contributed by atoms with E-state index in [1.807, 2.05) is 6.07 Å². The molecule has 0 aliphatic rings. The third-order valence-electron chi connectivity index (χ3n) is 1.98. The Labute approximate surface area is 100 Å². The zero-order valence-corrected chi connectivity index (χ0v) is 10.2. The zero-order valence-electron chi connectivity index (χ0n) is 9.36. The van der Waals surface area contributed by atoms with Crippen molar-refractivity contribution >= 4 is 17.2 Å². The Balaban J connectivity index is 2.78. The Morgan fingerprint density at radius 3 is 2.25 bits per heavy atom. The van der Waals surface area contributed by atoms with Crippen LogP contribution in [0.3, 0.4) is 0 Å². The summed E-state index contributed by atoms with van der Waals surface area (Å²) in [5, 5.41) is 0. The number of hydrogen-bond donors (Lipinski definition) is 1. The Morgan fingerprint density at radius 2 is 1.81 bits per heavy atom. The molecule has 0 aliphatic heterocycles. The van der Waals surface area contributed by atoms with Crippen LogP contribution in [0.2, 0.25) is 0 Å². The van der Waals surface area contributed by atoms with Gasteiger partial charge in [-0.2, -0.15) is 0 Å². The second-order valence-corrected chi connectivity index (χ2v) is 3.58. The van der Waals surface area contributed by atoms with E-state index in [2.05, 4.69) is 0 Å². The van der Waals surface area contributed by atoms with Crippen molar-refractivity contribution < 1.29 is 14.2 Å². The number of nitrogens with two attached hydrogens (primary N) is 1. The molecule has 1 aromatic rings. The second-order valence-electron chi connectivity index (χ2n) is 3.06. The van der Waals surface area contributed by atoms with Gasteiger partial charge in [0, 0.05) is 6.42 Å². The zero-order chi connectivity index (χ0) is 12.0. The third kappa shape index (κ3) is 3.27. The van der Waals surface area contributed by atoms with Gasteiger partial charge in [-0.15, -0.1) is 0 Å². The van der Waals surface area contributed by atoms with Gasteiger partial charge >= 0.3 is 0 Å². The van der Waals surface area contributed by atoms with E-state index < -0.39 is 0 Å². The van der Waals surface area contributed by atoms with Crippen LogP contribution in [0.25, 0.3) is 0 Å². The lowest BCUT2D eigenvalue weighted by atomic mass is 10.3. The molecule has 1 aromatic carbocycles. The SMILES string of the molecule is COc1cccc(OC)c1OCCC(N)=S. The Hall–Kier alpha value is -1.49. The minimum atomic E-state index is 0.409. The van der Waals surface area contributed by atoms with Crippen LogP contribution in [-0.4, -0.2) is 25.8 Å². The van der Waals surface area contributed by atoms with Crippen molar-refractivity contribution in [3.8, 4) is 17.2 Å². The second kappa shape index (κ2) is 6.17. The van der Waals surface area contributed by atoms with Crippen LogP contribution < -0.4 is 19.9 Å². The molecule has 0 heterocycles. The van der Waals surface area contributed by atoms with Gasteiger partial charge in [0.25, 0.3) is 0 Å². The molecule has 0 bridgehead atoms. The van der Waals surface area contributed by atoms with E-state index in [4.69, 9.17) is 32.2 Å². The van der Waals surface area contributed by atoms with E-state index in [0.717, 1.165) is 0 Å². The molecule has 5 heteroatoms. The van der Waals surface area contributed by atoms with Crippen molar-refractivity contribution in [2.24, 2.45) is 5.73 Å². The highest BCUT2D eigenvalue weighted by Crippen LogP contribution is 2.36. The van der Waals surface area contributed by atoms with Gasteiger partial charge in [-0.1, -0.05) is 18.3 Å². The van der Waals surface area contributed by atoms with Gasteiger partial charge in [0.2, 0.25) is 5.75 Å². The normalized spacial score (nSPS) is 9.62. The molecule has 0 aromatic heterocycles. The number of ether oxygens (including phenoxy) is 3. The number of methoxy groups -OCH3 is 2. The molecule has 0 saturated carbocycles. The first-order valence-corrected chi connectivity index (χ1v) is 5.22. The van der Waals surface area contributed by atoms with E-state index >= 15 is 0 Å². The molecular formula is C11H15NO3S. The fourth-order valence-corrected chi connectivity index (χ4v) is 1.30. The monoisotopic (exact) mass is 241 g/mol. The molecular weight excluding hydrogens is 226 g/mol. The molecule has 0 saturated heterocycles. The fourth-order valence-electron chi connectivity index (χ4n) is 1.21.